The third-order valence-electron chi connectivity index (χ3n) is 2.17. The monoisotopic (exact) mass is 219 g/mol. The summed E-state index contributed by atoms with van der Waals surface area (Å²) in [4.78, 5) is 13.9. The number of terminal acetylenes is 1. The van der Waals surface area contributed by atoms with Crippen molar-refractivity contribution < 1.29 is 4.92 Å². The van der Waals surface area contributed by atoms with Gasteiger partial charge in [-0.3, -0.25) is 10.1 Å². The number of aromatic nitrogens is 1. The normalized spacial score (nSPS) is 11.5. The standard InChI is InChI=1S/C11H13N3O2/c1-3-5-9(4-2)13-11-7-6-10(8-12-11)14(15)16/h1,6-9H,4-5H2,2H3,(H,12,13). The van der Waals surface area contributed by atoms with Gasteiger partial charge in [0, 0.05) is 18.5 Å². The van der Waals surface area contributed by atoms with E-state index in [1.54, 1.807) is 6.07 Å². The molecule has 0 aliphatic heterocycles. The Hall–Kier alpha value is -2.09. The fourth-order valence-corrected chi connectivity index (χ4v) is 1.23. The third-order valence-corrected chi connectivity index (χ3v) is 2.17. The topological polar surface area (TPSA) is 68.1 Å². The van der Waals surface area contributed by atoms with Crippen molar-refractivity contribution in [1.82, 2.24) is 4.98 Å². The summed E-state index contributed by atoms with van der Waals surface area (Å²) in [5.74, 6) is 3.17. The molecule has 0 amide bonds. The van der Waals surface area contributed by atoms with Crippen LogP contribution in [0.2, 0.25) is 0 Å². The Morgan fingerprint density at radius 1 is 1.69 bits per heavy atom. The SMILES string of the molecule is C#CCC(CC)Nc1ccc([N+](=O)[O-])cn1. The molecule has 1 N–H and O–H groups in total. The van der Waals surface area contributed by atoms with Crippen molar-refractivity contribution in [1.29, 1.82) is 0 Å². The average Bonchev–Trinajstić information content (AvgIpc) is 2.29. The molecule has 1 aromatic rings. The Morgan fingerprint density at radius 3 is 2.88 bits per heavy atom. The van der Waals surface area contributed by atoms with Gasteiger partial charge >= 0.3 is 0 Å². The first kappa shape index (κ1) is 12.0. The molecule has 0 aliphatic rings. The van der Waals surface area contributed by atoms with E-state index in [1.165, 1.54) is 12.3 Å². The summed E-state index contributed by atoms with van der Waals surface area (Å²) in [5, 5.41) is 13.5. The predicted octanol–water partition coefficient (Wildman–Crippen LogP) is 2.20. The summed E-state index contributed by atoms with van der Waals surface area (Å²) in [6, 6.07) is 3.15. The van der Waals surface area contributed by atoms with Crippen LogP contribution in [0.25, 0.3) is 0 Å². The zero-order valence-electron chi connectivity index (χ0n) is 9.01. The van der Waals surface area contributed by atoms with Gasteiger partial charge in [0.15, 0.2) is 0 Å². The third kappa shape index (κ3) is 3.24. The first-order valence-electron chi connectivity index (χ1n) is 4.97. The van der Waals surface area contributed by atoms with Gasteiger partial charge in [-0.15, -0.1) is 12.3 Å². The van der Waals surface area contributed by atoms with E-state index in [-0.39, 0.29) is 11.7 Å². The molecule has 1 atom stereocenters. The van der Waals surface area contributed by atoms with Crippen LogP contribution >= 0.6 is 0 Å². The molecule has 1 heterocycles. The zero-order chi connectivity index (χ0) is 12.0. The molecule has 0 aliphatic carbocycles. The van der Waals surface area contributed by atoms with Crippen LogP contribution in [0.15, 0.2) is 18.3 Å². The van der Waals surface area contributed by atoms with Crippen LogP contribution in [-0.4, -0.2) is 15.9 Å². The molecule has 1 aromatic heterocycles. The quantitative estimate of drug-likeness (QED) is 0.468. The van der Waals surface area contributed by atoms with Gasteiger partial charge in [0.25, 0.3) is 5.69 Å². The number of hydrogen-bond acceptors (Lipinski definition) is 4. The molecule has 0 radical (unpaired) electrons. The van der Waals surface area contributed by atoms with Gasteiger partial charge in [0.2, 0.25) is 0 Å². The van der Waals surface area contributed by atoms with E-state index < -0.39 is 4.92 Å². The van der Waals surface area contributed by atoms with Gasteiger partial charge in [0.05, 0.1) is 4.92 Å². The molecule has 0 saturated carbocycles. The Bertz CT molecular complexity index is 395. The van der Waals surface area contributed by atoms with E-state index in [9.17, 15) is 10.1 Å². The van der Waals surface area contributed by atoms with Gasteiger partial charge in [-0.1, -0.05) is 6.92 Å². The van der Waals surface area contributed by atoms with E-state index in [4.69, 9.17) is 6.42 Å². The van der Waals surface area contributed by atoms with Crippen LogP contribution in [0.4, 0.5) is 11.5 Å². The molecule has 1 unspecified atom stereocenters. The average molecular weight is 219 g/mol. The number of anilines is 1. The summed E-state index contributed by atoms with van der Waals surface area (Å²) >= 11 is 0. The Balaban J connectivity index is 2.68. The summed E-state index contributed by atoms with van der Waals surface area (Å²) in [6.45, 7) is 2.01. The van der Waals surface area contributed by atoms with Crippen molar-refractivity contribution >= 4 is 11.5 Å². The second-order valence-electron chi connectivity index (χ2n) is 3.32. The number of nitro groups is 1. The Kier molecular flexibility index (Phi) is 4.28. The highest BCUT2D eigenvalue weighted by Gasteiger charge is 2.08. The second-order valence-corrected chi connectivity index (χ2v) is 3.32. The minimum absolute atomic E-state index is 0.0180. The summed E-state index contributed by atoms with van der Waals surface area (Å²) in [7, 11) is 0. The van der Waals surface area contributed by atoms with E-state index in [0.29, 0.717) is 12.2 Å². The lowest BCUT2D eigenvalue weighted by Crippen LogP contribution is -2.18. The fourth-order valence-electron chi connectivity index (χ4n) is 1.23. The van der Waals surface area contributed by atoms with E-state index in [0.717, 1.165) is 6.42 Å². The van der Waals surface area contributed by atoms with Gasteiger partial charge < -0.3 is 5.32 Å². The smallest absolute Gasteiger partial charge is 0.287 e. The molecular formula is C11H13N3O2. The van der Waals surface area contributed by atoms with Crippen LogP contribution in [-0.2, 0) is 0 Å². The van der Waals surface area contributed by atoms with E-state index >= 15 is 0 Å². The lowest BCUT2D eigenvalue weighted by Gasteiger charge is -2.14. The molecule has 0 spiro atoms. The number of rotatable bonds is 5. The number of hydrogen-bond donors (Lipinski definition) is 1. The first-order valence-corrected chi connectivity index (χ1v) is 4.97. The fraction of sp³-hybridized carbons (Fsp3) is 0.364. The van der Waals surface area contributed by atoms with Gasteiger partial charge in [-0.05, 0) is 12.5 Å². The summed E-state index contributed by atoms with van der Waals surface area (Å²) < 4.78 is 0. The van der Waals surface area contributed by atoms with Gasteiger partial charge in [-0.25, -0.2) is 4.98 Å². The zero-order valence-corrected chi connectivity index (χ0v) is 9.01. The van der Waals surface area contributed by atoms with Crippen molar-refractivity contribution in [2.45, 2.75) is 25.8 Å². The van der Waals surface area contributed by atoms with Crippen molar-refractivity contribution in [3.05, 3.63) is 28.4 Å². The predicted molar refractivity (Wildman–Crippen MR) is 62.0 cm³/mol. The molecule has 5 heteroatoms. The Morgan fingerprint density at radius 2 is 2.44 bits per heavy atom. The van der Waals surface area contributed by atoms with Crippen molar-refractivity contribution in [2.24, 2.45) is 0 Å². The number of nitrogens with zero attached hydrogens (tertiary/aromatic N) is 2. The van der Waals surface area contributed by atoms with Crippen LogP contribution in [0.5, 0.6) is 0 Å². The van der Waals surface area contributed by atoms with E-state index in [1.807, 2.05) is 6.92 Å². The van der Waals surface area contributed by atoms with Crippen molar-refractivity contribution in [3.8, 4) is 12.3 Å². The molecule has 0 bridgehead atoms. The molecule has 16 heavy (non-hydrogen) atoms. The largest absolute Gasteiger partial charge is 0.366 e. The highest BCUT2D eigenvalue weighted by molar-refractivity contribution is 5.41. The highest BCUT2D eigenvalue weighted by Crippen LogP contribution is 2.13. The van der Waals surface area contributed by atoms with Crippen LogP contribution in [0.1, 0.15) is 19.8 Å². The maximum atomic E-state index is 10.4. The van der Waals surface area contributed by atoms with Crippen LogP contribution in [0, 0.1) is 22.5 Å². The summed E-state index contributed by atoms with van der Waals surface area (Å²) in [5.41, 5.74) is -0.0180. The minimum Gasteiger partial charge on any atom is -0.366 e. The lowest BCUT2D eigenvalue weighted by molar-refractivity contribution is -0.385. The first-order chi connectivity index (χ1) is 7.67. The minimum atomic E-state index is -0.477. The Labute approximate surface area is 94.0 Å². The van der Waals surface area contributed by atoms with Crippen LogP contribution < -0.4 is 5.32 Å². The molecule has 0 fully saturated rings. The molecule has 5 nitrogen and oxygen atoms in total. The maximum absolute atomic E-state index is 10.4. The molecule has 84 valence electrons. The maximum Gasteiger partial charge on any atom is 0.287 e. The number of nitrogens with one attached hydrogen (secondary N) is 1. The van der Waals surface area contributed by atoms with E-state index in [2.05, 4.69) is 16.2 Å². The lowest BCUT2D eigenvalue weighted by atomic mass is 10.1. The van der Waals surface area contributed by atoms with Crippen molar-refractivity contribution in [3.63, 3.8) is 0 Å². The van der Waals surface area contributed by atoms with Gasteiger partial charge in [0.1, 0.15) is 12.0 Å². The molecule has 0 saturated heterocycles. The number of pyridine rings is 1. The van der Waals surface area contributed by atoms with Crippen molar-refractivity contribution in [2.75, 3.05) is 5.32 Å². The summed E-state index contributed by atoms with van der Waals surface area (Å²) in [6.07, 6.45) is 7.93. The van der Waals surface area contributed by atoms with Crippen LogP contribution in [0.3, 0.4) is 0 Å². The second kappa shape index (κ2) is 5.71. The van der Waals surface area contributed by atoms with Gasteiger partial charge in [-0.2, -0.15) is 0 Å². The molecular weight excluding hydrogens is 206 g/mol. The highest BCUT2D eigenvalue weighted by atomic mass is 16.6. The molecule has 1 rings (SSSR count). The molecule has 0 aromatic carbocycles.